The van der Waals surface area contributed by atoms with Crippen molar-refractivity contribution < 1.29 is 0 Å². The van der Waals surface area contributed by atoms with E-state index in [2.05, 4.69) is 104 Å². The Morgan fingerprint density at radius 2 is 1.22 bits per heavy atom. The van der Waals surface area contributed by atoms with Crippen molar-refractivity contribution in [2.75, 3.05) is 5.75 Å². The molecule has 0 fully saturated rings. The molecule has 0 saturated carbocycles. The lowest BCUT2D eigenvalue weighted by Gasteiger charge is -2.10. The van der Waals surface area contributed by atoms with Gasteiger partial charge in [0.25, 0.3) is 0 Å². The molecule has 0 aliphatic carbocycles. The minimum atomic E-state index is 1.00. The monoisotopic (exact) mass is 372 g/mol. The fraction of sp³-hybridized carbons (Fsp3) is 0.231. The molecular weight excluding hydrogens is 344 g/mol. The van der Waals surface area contributed by atoms with Crippen molar-refractivity contribution in [3.05, 3.63) is 107 Å². The summed E-state index contributed by atoms with van der Waals surface area (Å²) in [7, 11) is 0. The summed E-state index contributed by atoms with van der Waals surface area (Å²) in [5.74, 6) is 1.00. The Morgan fingerprint density at radius 3 is 1.89 bits per heavy atom. The van der Waals surface area contributed by atoms with Crippen molar-refractivity contribution in [3.63, 3.8) is 0 Å². The third kappa shape index (κ3) is 6.15. The van der Waals surface area contributed by atoms with Gasteiger partial charge in [0.1, 0.15) is 0 Å². The van der Waals surface area contributed by atoms with Gasteiger partial charge in [-0.3, -0.25) is 0 Å². The molecule has 0 radical (unpaired) electrons. The zero-order valence-electron chi connectivity index (χ0n) is 15.9. The molecule has 0 spiro atoms. The molecule has 3 rings (SSSR count). The highest BCUT2D eigenvalue weighted by Gasteiger charge is 2.05. The van der Waals surface area contributed by atoms with Gasteiger partial charge in [0.15, 0.2) is 0 Å². The summed E-state index contributed by atoms with van der Waals surface area (Å²) in [6.07, 6.45) is 8.52. The topological polar surface area (TPSA) is 0 Å². The molecule has 0 amide bonds. The summed E-state index contributed by atoms with van der Waals surface area (Å²) in [6, 6.07) is 30.3. The second-order valence-corrected chi connectivity index (χ2v) is 7.37. The quantitative estimate of drug-likeness (QED) is 0.227. The van der Waals surface area contributed by atoms with Crippen LogP contribution in [0.5, 0.6) is 0 Å². The van der Waals surface area contributed by atoms with Crippen molar-refractivity contribution in [3.8, 4) is 0 Å². The molecule has 0 aliphatic heterocycles. The number of thiol groups is 1. The Labute approximate surface area is 169 Å². The molecule has 27 heavy (non-hydrogen) atoms. The molecule has 3 aromatic rings. The minimum Gasteiger partial charge on any atom is -0.179 e. The maximum atomic E-state index is 4.28. The van der Waals surface area contributed by atoms with Gasteiger partial charge in [0.2, 0.25) is 0 Å². The van der Waals surface area contributed by atoms with Crippen LogP contribution in [0, 0.1) is 0 Å². The summed E-state index contributed by atoms with van der Waals surface area (Å²) in [5, 5.41) is 0. The number of rotatable bonds is 9. The third-order valence-electron chi connectivity index (χ3n) is 4.83. The van der Waals surface area contributed by atoms with Crippen LogP contribution in [0.3, 0.4) is 0 Å². The molecule has 0 aromatic heterocycles. The summed E-state index contributed by atoms with van der Waals surface area (Å²) in [4.78, 5) is 0. The van der Waals surface area contributed by atoms with Crippen molar-refractivity contribution in [2.24, 2.45) is 0 Å². The largest absolute Gasteiger partial charge is 0.179 e. The van der Waals surface area contributed by atoms with Crippen LogP contribution in [-0.4, -0.2) is 5.75 Å². The average molecular weight is 373 g/mol. The summed E-state index contributed by atoms with van der Waals surface area (Å²) in [6.45, 7) is 0. The van der Waals surface area contributed by atoms with Crippen LogP contribution < -0.4 is 0 Å². The van der Waals surface area contributed by atoms with E-state index in [0.717, 1.165) is 12.2 Å². The van der Waals surface area contributed by atoms with Gasteiger partial charge >= 0.3 is 0 Å². The lowest BCUT2D eigenvalue weighted by atomic mass is 9.94. The van der Waals surface area contributed by atoms with E-state index >= 15 is 0 Å². The first-order valence-electron chi connectivity index (χ1n) is 9.89. The predicted octanol–water partition coefficient (Wildman–Crippen LogP) is 7.31. The summed E-state index contributed by atoms with van der Waals surface area (Å²) >= 11 is 4.28. The molecule has 138 valence electrons. The molecular formula is C26H28S. The number of unbranched alkanes of at least 4 members (excludes halogenated alkanes) is 3. The molecule has 0 N–H and O–H groups in total. The minimum absolute atomic E-state index is 1.00. The van der Waals surface area contributed by atoms with Crippen LogP contribution in [0.4, 0.5) is 0 Å². The third-order valence-corrected chi connectivity index (χ3v) is 5.15. The van der Waals surface area contributed by atoms with Gasteiger partial charge in [-0.1, -0.05) is 97.8 Å². The van der Waals surface area contributed by atoms with Crippen LogP contribution >= 0.6 is 12.6 Å². The Kier molecular flexibility index (Phi) is 7.80. The first kappa shape index (κ1) is 19.5. The van der Waals surface area contributed by atoms with E-state index in [1.165, 1.54) is 53.5 Å². The van der Waals surface area contributed by atoms with E-state index in [1.807, 2.05) is 0 Å². The highest BCUT2D eigenvalue weighted by Crippen LogP contribution is 2.26. The van der Waals surface area contributed by atoms with E-state index in [4.69, 9.17) is 0 Å². The smallest absolute Gasteiger partial charge is 0.00979 e. The normalized spacial score (nSPS) is 11.5. The molecule has 0 heterocycles. The molecule has 0 bridgehead atoms. The van der Waals surface area contributed by atoms with Crippen molar-refractivity contribution >= 4 is 24.3 Å². The van der Waals surface area contributed by atoms with Crippen LogP contribution in [0.1, 0.15) is 47.9 Å². The highest BCUT2D eigenvalue weighted by molar-refractivity contribution is 7.80. The van der Waals surface area contributed by atoms with Gasteiger partial charge in [-0.15, -0.1) is 0 Å². The lowest BCUT2D eigenvalue weighted by molar-refractivity contribution is 0.671. The fourth-order valence-corrected chi connectivity index (χ4v) is 3.54. The Bertz CT molecular complexity index is 817. The van der Waals surface area contributed by atoms with Crippen molar-refractivity contribution in [2.45, 2.75) is 32.1 Å². The van der Waals surface area contributed by atoms with Gasteiger partial charge in [0, 0.05) is 0 Å². The standard InChI is InChI=1S/C26H28S/c27-20-10-2-1-5-11-22-16-18-25(19-17-22)26(24-14-8-4-9-15-24)21-23-12-6-3-7-13-23/h3-4,6-9,12-19,21,27H,1-2,5,10-11,20H2/b26-21-. The highest BCUT2D eigenvalue weighted by atomic mass is 32.1. The number of aryl methyl sites for hydroxylation is 1. The molecule has 0 saturated heterocycles. The number of hydrogen-bond donors (Lipinski definition) is 1. The van der Waals surface area contributed by atoms with Crippen LogP contribution in [0.2, 0.25) is 0 Å². The molecule has 0 unspecified atom stereocenters. The number of benzene rings is 3. The molecule has 1 heteroatoms. The Hall–Kier alpha value is -2.25. The van der Waals surface area contributed by atoms with Crippen LogP contribution in [0.25, 0.3) is 11.6 Å². The molecule has 3 aromatic carbocycles. The average Bonchev–Trinajstić information content (AvgIpc) is 2.74. The van der Waals surface area contributed by atoms with Gasteiger partial charge in [-0.2, -0.15) is 12.6 Å². The van der Waals surface area contributed by atoms with E-state index in [9.17, 15) is 0 Å². The van der Waals surface area contributed by atoms with Crippen molar-refractivity contribution in [1.82, 2.24) is 0 Å². The second-order valence-electron chi connectivity index (χ2n) is 6.92. The Balaban J connectivity index is 1.78. The molecule has 0 atom stereocenters. The second kappa shape index (κ2) is 10.8. The first-order valence-corrected chi connectivity index (χ1v) is 10.5. The summed E-state index contributed by atoms with van der Waals surface area (Å²) in [5.41, 5.74) is 6.44. The van der Waals surface area contributed by atoms with Crippen LogP contribution in [0.15, 0.2) is 84.9 Å². The fourth-order valence-electron chi connectivity index (χ4n) is 3.31. The predicted molar refractivity (Wildman–Crippen MR) is 122 cm³/mol. The summed E-state index contributed by atoms with van der Waals surface area (Å²) < 4.78 is 0. The molecule has 0 nitrogen and oxygen atoms in total. The van der Waals surface area contributed by atoms with Gasteiger partial charge in [-0.05, 0) is 58.9 Å². The van der Waals surface area contributed by atoms with Crippen molar-refractivity contribution in [1.29, 1.82) is 0 Å². The van der Waals surface area contributed by atoms with E-state index in [-0.39, 0.29) is 0 Å². The molecule has 0 aliphatic rings. The first-order chi connectivity index (χ1) is 13.4. The SMILES string of the molecule is SCCCCCCc1ccc(/C(=C\c2ccccc2)c2ccccc2)cc1. The van der Waals surface area contributed by atoms with Crippen LogP contribution in [-0.2, 0) is 6.42 Å². The maximum absolute atomic E-state index is 4.28. The zero-order valence-corrected chi connectivity index (χ0v) is 16.7. The zero-order chi connectivity index (χ0) is 18.7. The van der Waals surface area contributed by atoms with Gasteiger partial charge < -0.3 is 0 Å². The van der Waals surface area contributed by atoms with E-state index < -0.39 is 0 Å². The maximum Gasteiger partial charge on any atom is -0.00979 e. The van der Waals surface area contributed by atoms with Gasteiger partial charge in [0.05, 0.1) is 0 Å². The Morgan fingerprint density at radius 1 is 0.630 bits per heavy atom. The lowest BCUT2D eigenvalue weighted by Crippen LogP contribution is -1.91. The van der Waals surface area contributed by atoms with Gasteiger partial charge in [-0.25, -0.2) is 0 Å². The van der Waals surface area contributed by atoms with E-state index in [0.29, 0.717) is 0 Å². The van der Waals surface area contributed by atoms with E-state index in [1.54, 1.807) is 0 Å². The number of hydrogen-bond acceptors (Lipinski definition) is 1.